The molecule has 1 amide bonds. The van der Waals surface area contributed by atoms with Crippen LogP contribution in [0, 0.1) is 18.2 Å². The van der Waals surface area contributed by atoms with Crippen LogP contribution < -0.4 is 5.32 Å². The van der Waals surface area contributed by atoms with Gasteiger partial charge in [-0.1, -0.05) is 31.5 Å². The highest BCUT2D eigenvalue weighted by atomic mass is 35.5. The number of aryl methyl sites for hydroxylation is 1. The molecule has 1 saturated heterocycles. The van der Waals surface area contributed by atoms with Crippen LogP contribution in [0.25, 0.3) is 0 Å². The molecule has 1 N–H and O–H groups in total. The molecule has 18 heavy (non-hydrogen) atoms. The van der Waals surface area contributed by atoms with Crippen molar-refractivity contribution in [2.45, 2.75) is 26.8 Å². The summed E-state index contributed by atoms with van der Waals surface area (Å²) in [5.74, 6) is -0.411. The zero-order chi connectivity index (χ0) is 13.5. The highest BCUT2D eigenvalue weighted by Crippen LogP contribution is 2.41. The smallest absolute Gasteiger partial charge is 0.407 e. The van der Waals surface area contributed by atoms with Crippen molar-refractivity contribution in [2.75, 3.05) is 6.61 Å². The van der Waals surface area contributed by atoms with Crippen molar-refractivity contribution >= 4 is 17.7 Å². The van der Waals surface area contributed by atoms with E-state index in [0.29, 0.717) is 10.6 Å². The Hall–Kier alpha value is -1.29. The fourth-order valence-electron chi connectivity index (χ4n) is 2.10. The van der Waals surface area contributed by atoms with Gasteiger partial charge in [-0.15, -0.1) is 0 Å². The summed E-state index contributed by atoms with van der Waals surface area (Å²) >= 11 is 6.17. The lowest BCUT2D eigenvalue weighted by atomic mass is 9.80. The lowest BCUT2D eigenvalue weighted by Crippen LogP contribution is -2.47. The van der Waals surface area contributed by atoms with Crippen LogP contribution in [0.3, 0.4) is 0 Å². The van der Waals surface area contributed by atoms with Gasteiger partial charge in [-0.05, 0) is 18.6 Å². The van der Waals surface area contributed by atoms with Crippen molar-refractivity contribution in [3.63, 3.8) is 0 Å². The summed E-state index contributed by atoms with van der Waals surface area (Å²) < 4.78 is 18.9. The Morgan fingerprint density at radius 3 is 2.83 bits per heavy atom. The maximum Gasteiger partial charge on any atom is 0.407 e. The Morgan fingerprint density at radius 2 is 2.17 bits per heavy atom. The molecular formula is C13H15ClFNO2. The highest BCUT2D eigenvalue weighted by Gasteiger charge is 2.40. The standard InChI is InChI=1S/C13H15ClFNO2/c1-7-4-5-8(15)9(10(7)14)11-13(2,3)6-18-12(17)16-11/h4-5,11H,6H2,1-3H3,(H,16,17)/t11-/m1/s1. The van der Waals surface area contributed by atoms with Crippen LogP contribution >= 0.6 is 11.6 Å². The fourth-order valence-corrected chi connectivity index (χ4v) is 2.36. The summed E-state index contributed by atoms with van der Waals surface area (Å²) in [6.45, 7) is 5.83. The van der Waals surface area contributed by atoms with Gasteiger partial charge in [-0.25, -0.2) is 9.18 Å². The molecule has 1 fully saturated rings. The fraction of sp³-hybridized carbons (Fsp3) is 0.462. The van der Waals surface area contributed by atoms with Crippen LogP contribution in [0.1, 0.15) is 31.0 Å². The van der Waals surface area contributed by atoms with Crippen LogP contribution in [0.4, 0.5) is 9.18 Å². The highest BCUT2D eigenvalue weighted by molar-refractivity contribution is 6.32. The number of nitrogens with one attached hydrogen (secondary N) is 1. The van der Waals surface area contributed by atoms with Crippen molar-refractivity contribution in [1.82, 2.24) is 5.32 Å². The number of cyclic esters (lactones) is 1. The molecule has 1 atom stereocenters. The summed E-state index contributed by atoms with van der Waals surface area (Å²) in [6.07, 6.45) is -0.545. The second-order valence-corrected chi connectivity index (χ2v) is 5.61. The maximum atomic E-state index is 14.0. The Bertz CT molecular complexity index is 502. The van der Waals surface area contributed by atoms with Crippen molar-refractivity contribution in [1.29, 1.82) is 0 Å². The Balaban J connectivity index is 2.52. The number of ether oxygens (including phenoxy) is 1. The number of amides is 1. The van der Waals surface area contributed by atoms with Crippen LogP contribution in [0.5, 0.6) is 0 Å². The van der Waals surface area contributed by atoms with Crippen LogP contribution in [0.15, 0.2) is 12.1 Å². The lowest BCUT2D eigenvalue weighted by Gasteiger charge is -2.39. The molecule has 0 aromatic heterocycles. The second-order valence-electron chi connectivity index (χ2n) is 5.23. The van der Waals surface area contributed by atoms with Crippen molar-refractivity contribution in [3.8, 4) is 0 Å². The lowest BCUT2D eigenvalue weighted by molar-refractivity contribution is 0.0378. The quantitative estimate of drug-likeness (QED) is 0.848. The average molecular weight is 272 g/mol. The number of carbonyl (C=O) groups excluding carboxylic acids is 1. The molecule has 0 bridgehead atoms. The van der Waals surface area contributed by atoms with Gasteiger partial charge in [-0.2, -0.15) is 0 Å². The number of halogens is 2. The van der Waals surface area contributed by atoms with E-state index in [2.05, 4.69) is 5.32 Å². The molecule has 1 aromatic rings. The zero-order valence-corrected chi connectivity index (χ0v) is 11.3. The SMILES string of the molecule is Cc1ccc(F)c([C@H]2NC(=O)OCC2(C)C)c1Cl. The largest absolute Gasteiger partial charge is 0.449 e. The molecular weight excluding hydrogens is 257 g/mol. The minimum absolute atomic E-state index is 0.229. The summed E-state index contributed by atoms with van der Waals surface area (Å²) in [7, 11) is 0. The van der Waals surface area contributed by atoms with Crippen LogP contribution in [-0.2, 0) is 4.74 Å². The van der Waals surface area contributed by atoms with E-state index in [0.717, 1.165) is 5.56 Å². The van der Waals surface area contributed by atoms with Gasteiger partial charge in [0, 0.05) is 11.0 Å². The van der Waals surface area contributed by atoms with E-state index in [9.17, 15) is 9.18 Å². The van der Waals surface area contributed by atoms with Crippen molar-refractivity contribution in [3.05, 3.63) is 34.1 Å². The first kappa shape index (κ1) is 13.1. The molecule has 0 unspecified atom stereocenters. The summed E-state index contributed by atoms with van der Waals surface area (Å²) in [4.78, 5) is 11.3. The first-order valence-corrected chi connectivity index (χ1v) is 6.08. The second kappa shape index (κ2) is 4.43. The third kappa shape index (κ3) is 2.17. The molecule has 0 saturated carbocycles. The van der Waals surface area contributed by atoms with Gasteiger partial charge < -0.3 is 10.1 Å². The number of alkyl carbamates (subject to hydrolysis) is 1. The number of carbonyl (C=O) groups is 1. The topological polar surface area (TPSA) is 38.3 Å². The van der Waals surface area contributed by atoms with E-state index in [4.69, 9.17) is 16.3 Å². The monoisotopic (exact) mass is 271 g/mol. The van der Waals surface area contributed by atoms with Crippen LogP contribution in [-0.4, -0.2) is 12.7 Å². The third-order valence-electron chi connectivity index (χ3n) is 3.23. The number of benzene rings is 1. The average Bonchev–Trinajstić information content (AvgIpc) is 2.29. The van der Waals surface area contributed by atoms with Gasteiger partial charge in [0.1, 0.15) is 12.4 Å². The number of hydrogen-bond donors (Lipinski definition) is 1. The minimum atomic E-state index is -0.545. The summed E-state index contributed by atoms with van der Waals surface area (Å²) in [5, 5.41) is 3.00. The Kier molecular flexibility index (Phi) is 3.23. The van der Waals surface area contributed by atoms with E-state index >= 15 is 0 Å². The van der Waals surface area contributed by atoms with E-state index < -0.39 is 23.4 Å². The van der Waals surface area contributed by atoms with Gasteiger partial charge in [0.25, 0.3) is 0 Å². The molecule has 1 aliphatic heterocycles. The van der Waals surface area contributed by atoms with Gasteiger partial charge >= 0.3 is 6.09 Å². The van der Waals surface area contributed by atoms with E-state index in [-0.39, 0.29) is 6.61 Å². The van der Waals surface area contributed by atoms with Crippen molar-refractivity contribution in [2.24, 2.45) is 5.41 Å². The minimum Gasteiger partial charge on any atom is -0.449 e. The molecule has 5 heteroatoms. The van der Waals surface area contributed by atoms with Gasteiger partial charge in [-0.3, -0.25) is 0 Å². The molecule has 0 radical (unpaired) electrons. The predicted molar refractivity (Wildman–Crippen MR) is 67.2 cm³/mol. The Morgan fingerprint density at radius 1 is 1.50 bits per heavy atom. The van der Waals surface area contributed by atoms with Gasteiger partial charge in [0.15, 0.2) is 0 Å². The third-order valence-corrected chi connectivity index (χ3v) is 3.73. The van der Waals surface area contributed by atoms with E-state index in [1.165, 1.54) is 6.07 Å². The normalized spacial score (nSPS) is 22.3. The molecule has 0 aliphatic carbocycles. The first-order chi connectivity index (χ1) is 8.33. The molecule has 3 nitrogen and oxygen atoms in total. The predicted octanol–water partition coefficient (Wildman–Crippen LogP) is 3.59. The van der Waals surface area contributed by atoms with E-state index in [1.807, 2.05) is 13.8 Å². The molecule has 1 heterocycles. The molecule has 0 spiro atoms. The summed E-state index contributed by atoms with van der Waals surface area (Å²) in [6, 6.07) is 2.50. The molecule has 98 valence electrons. The van der Waals surface area contributed by atoms with Gasteiger partial charge in [0.05, 0.1) is 11.1 Å². The summed E-state index contributed by atoms with van der Waals surface area (Å²) in [5.41, 5.74) is 0.689. The molecule has 2 rings (SSSR count). The van der Waals surface area contributed by atoms with E-state index in [1.54, 1.807) is 13.0 Å². The van der Waals surface area contributed by atoms with Gasteiger partial charge in [0.2, 0.25) is 0 Å². The Labute approximate surface area is 110 Å². The number of hydrogen-bond acceptors (Lipinski definition) is 2. The molecule has 1 aliphatic rings. The first-order valence-electron chi connectivity index (χ1n) is 5.71. The maximum absolute atomic E-state index is 14.0. The van der Waals surface area contributed by atoms with Crippen LogP contribution in [0.2, 0.25) is 5.02 Å². The number of rotatable bonds is 1. The van der Waals surface area contributed by atoms with Crippen molar-refractivity contribution < 1.29 is 13.9 Å². The zero-order valence-electron chi connectivity index (χ0n) is 10.5. The molecule has 1 aromatic carbocycles.